The molecule has 0 saturated carbocycles. The van der Waals surface area contributed by atoms with Crippen LogP contribution in [0.2, 0.25) is 0 Å². The maximum Gasteiger partial charge on any atom is 0.273 e. The zero-order valence-electron chi connectivity index (χ0n) is 16.4. The number of aromatic nitrogens is 1. The minimum atomic E-state index is -0.443. The second-order valence-electron chi connectivity index (χ2n) is 6.72. The molecule has 0 radical (unpaired) electrons. The molecule has 0 aliphatic heterocycles. The lowest BCUT2D eigenvalue weighted by atomic mass is 10.2. The molecule has 6 nitrogen and oxygen atoms in total. The van der Waals surface area contributed by atoms with Crippen LogP contribution in [0.15, 0.2) is 59.1 Å². The van der Waals surface area contributed by atoms with Gasteiger partial charge in [0.15, 0.2) is 11.5 Å². The van der Waals surface area contributed by atoms with E-state index in [0.29, 0.717) is 24.3 Å². The molecule has 1 aromatic heterocycles. The predicted molar refractivity (Wildman–Crippen MR) is 106 cm³/mol. The zero-order valence-corrected chi connectivity index (χ0v) is 16.4. The molecule has 0 saturated heterocycles. The second kappa shape index (κ2) is 9.78. The summed E-state index contributed by atoms with van der Waals surface area (Å²) in [5.74, 6) is -1.12. The molecule has 30 heavy (non-hydrogen) atoms. The second-order valence-corrected chi connectivity index (χ2v) is 6.72. The van der Waals surface area contributed by atoms with E-state index in [1.54, 1.807) is 17.0 Å². The summed E-state index contributed by atoms with van der Waals surface area (Å²) in [6.07, 6.45) is 0.714. The van der Waals surface area contributed by atoms with Crippen LogP contribution in [0.25, 0.3) is 0 Å². The molecule has 3 rings (SSSR count). The van der Waals surface area contributed by atoms with E-state index in [-0.39, 0.29) is 30.5 Å². The summed E-state index contributed by atoms with van der Waals surface area (Å²) in [4.78, 5) is 26.5. The Kier molecular flexibility index (Phi) is 6.90. The molecule has 3 aromatic rings. The monoisotopic (exact) mass is 413 g/mol. The molecule has 0 unspecified atom stereocenters. The molecule has 2 aromatic carbocycles. The third-order valence-electron chi connectivity index (χ3n) is 4.38. The molecule has 8 heteroatoms. The van der Waals surface area contributed by atoms with Crippen LogP contribution >= 0.6 is 0 Å². The van der Waals surface area contributed by atoms with Crippen LogP contribution in [-0.4, -0.2) is 28.4 Å². The molecule has 156 valence electrons. The van der Waals surface area contributed by atoms with Gasteiger partial charge in [-0.2, -0.15) is 0 Å². The van der Waals surface area contributed by atoms with E-state index >= 15 is 0 Å². The van der Waals surface area contributed by atoms with Gasteiger partial charge in [0.05, 0.1) is 6.54 Å². The standard InChI is InChI=1S/C22H21F2N3O3/c1-2-11-27(22(29)16-5-9-18(24)10-6-16)14-19-12-20(26-30-19)21(28)25-13-15-3-7-17(23)8-4-15/h3-10,12H,2,11,13-14H2,1H3,(H,25,28). The lowest BCUT2D eigenvalue weighted by molar-refractivity contribution is 0.0727. The number of hydrogen-bond donors (Lipinski definition) is 1. The third-order valence-corrected chi connectivity index (χ3v) is 4.38. The number of nitrogens with zero attached hydrogens (tertiary/aromatic N) is 2. The van der Waals surface area contributed by atoms with Gasteiger partial charge >= 0.3 is 0 Å². The van der Waals surface area contributed by atoms with Gasteiger partial charge in [0, 0.05) is 24.7 Å². The summed E-state index contributed by atoms with van der Waals surface area (Å²) in [5.41, 5.74) is 1.19. The number of amides is 2. The number of hydrogen-bond acceptors (Lipinski definition) is 4. The highest BCUT2D eigenvalue weighted by Crippen LogP contribution is 2.13. The van der Waals surface area contributed by atoms with Gasteiger partial charge in [-0.1, -0.05) is 24.2 Å². The van der Waals surface area contributed by atoms with Gasteiger partial charge in [-0.25, -0.2) is 8.78 Å². The van der Waals surface area contributed by atoms with Crippen molar-refractivity contribution in [2.45, 2.75) is 26.4 Å². The van der Waals surface area contributed by atoms with Crippen LogP contribution in [0.1, 0.15) is 45.5 Å². The molecule has 1 N–H and O–H groups in total. The number of rotatable bonds is 8. The number of halogens is 2. The molecule has 0 aliphatic carbocycles. The smallest absolute Gasteiger partial charge is 0.273 e. The molecule has 0 bridgehead atoms. The first-order valence-electron chi connectivity index (χ1n) is 9.49. The number of carbonyl (C=O) groups is 2. The predicted octanol–water partition coefficient (Wildman–Crippen LogP) is 3.94. The van der Waals surface area contributed by atoms with E-state index in [9.17, 15) is 18.4 Å². The van der Waals surface area contributed by atoms with E-state index in [0.717, 1.165) is 5.56 Å². The summed E-state index contributed by atoms with van der Waals surface area (Å²) in [6.45, 7) is 2.73. The van der Waals surface area contributed by atoms with Crippen molar-refractivity contribution in [1.82, 2.24) is 15.4 Å². The van der Waals surface area contributed by atoms with Crippen molar-refractivity contribution in [2.75, 3.05) is 6.54 Å². The average molecular weight is 413 g/mol. The summed E-state index contributed by atoms with van der Waals surface area (Å²) in [6, 6.07) is 12.6. The first kappa shape index (κ1) is 21.2. The Bertz CT molecular complexity index is 1000. The van der Waals surface area contributed by atoms with Crippen LogP contribution in [0.5, 0.6) is 0 Å². The van der Waals surface area contributed by atoms with Gasteiger partial charge < -0.3 is 14.7 Å². The molecule has 0 atom stereocenters. The topological polar surface area (TPSA) is 75.4 Å². The lowest BCUT2D eigenvalue weighted by Crippen LogP contribution is -2.31. The van der Waals surface area contributed by atoms with Crippen molar-refractivity contribution in [1.29, 1.82) is 0 Å². The van der Waals surface area contributed by atoms with Crippen molar-refractivity contribution < 1.29 is 22.9 Å². The Hall–Kier alpha value is -3.55. The van der Waals surface area contributed by atoms with Crippen LogP contribution in [0, 0.1) is 11.6 Å². The van der Waals surface area contributed by atoms with Crippen molar-refractivity contribution in [3.8, 4) is 0 Å². The van der Waals surface area contributed by atoms with Gasteiger partial charge in [-0.15, -0.1) is 0 Å². The number of nitrogens with one attached hydrogen (secondary N) is 1. The molecular formula is C22H21F2N3O3. The van der Waals surface area contributed by atoms with Gasteiger partial charge in [-0.3, -0.25) is 9.59 Å². The first-order valence-corrected chi connectivity index (χ1v) is 9.49. The third kappa shape index (κ3) is 5.50. The largest absolute Gasteiger partial charge is 0.359 e. The minimum Gasteiger partial charge on any atom is -0.359 e. The zero-order chi connectivity index (χ0) is 21.5. The van der Waals surface area contributed by atoms with E-state index in [1.165, 1.54) is 42.5 Å². The molecule has 1 heterocycles. The number of carbonyl (C=O) groups excluding carboxylic acids is 2. The van der Waals surface area contributed by atoms with E-state index < -0.39 is 11.7 Å². The summed E-state index contributed by atoms with van der Waals surface area (Å²) < 4.78 is 31.3. The first-order chi connectivity index (χ1) is 14.5. The SMILES string of the molecule is CCCN(Cc1cc(C(=O)NCc2ccc(F)cc2)no1)C(=O)c1ccc(F)cc1. The Balaban J connectivity index is 1.62. The van der Waals surface area contributed by atoms with Crippen molar-refractivity contribution in [3.05, 3.63) is 88.8 Å². The fraction of sp³-hybridized carbons (Fsp3) is 0.227. The van der Waals surface area contributed by atoms with Crippen LogP contribution in [-0.2, 0) is 13.1 Å². The van der Waals surface area contributed by atoms with Gasteiger partial charge in [0.2, 0.25) is 0 Å². The van der Waals surface area contributed by atoms with E-state index in [1.807, 2.05) is 6.92 Å². The van der Waals surface area contributed by atoms with Crippen LogP contribution < -0.4 is 5.32 Å². The summed E-state index contributed by atoms with van der Waals surface area (Å²) in [7, 11) is 0. The highest BCUT2D eigenvalue weighted by Gasteiger charge is 2.19. The maximum atomic E-state index is 13.1. The van der Waals surface area contributed by atoms with Gasteiger partial charge in [0.1, 0.15) is 11.6 Å². The van der Waals surface area contributed by atoms with Crippen molar-refractivity contribution in [3.63, 3.8) is 0 Å². The Labute approximate surface area is 172 Å². The molecule has 0 aliphatic rings. The summed E-state index contributed by atoms with van der Waals surface area (Å²) >= 11 is 0. The van der Waals surface area contributed by atoms with Crippen LogP contribution in [0.3, 0.4) is 0 Å². The number of benzene rings is 2. The van der Waals surface area contributed by atoms with Gasteiger partial charge in [-0.05, 0) is 48.4 Å². The Morgan fingerprint density at radius 2 is 1.67 bits per heavy atom. The van der Waals surface area contributed by atoms with E-state index in [4.69, 9.17) is 4.52 Å². The molecular weight excluding hydrogens is 392 g/mol. The van der Waals surface area contributed by atoms with Crippen molar-refractivity contribution in [2.24, 2.45) is 0 Å². The molecule has 0 fully saturated rings. The maximum absolute atomic E-state index is 13.1. The fourth-order valence-electron chi connectivity index (χ4n) is 2.86. The highest BCUT2D eigenvalue weighted by atomic mass is 19.1. The lowest BCUT2D eigenvalue weighted by Gasteiger charge is -2.20. The normalized spacial score (nSPS) is 10.6. The average Bonchev–Trinajstić information content (AvgIpc) is 3.21. The summed E-state index contributed by atoms with van der Waals surface area (Å²) in [5, 5.41) is 6.45. The molecule has 0 spiro atoms. The van der Waals surface area contributed by atoms with Crippen LogP contribution in [0.4, 0.5) is 8.78 Å². The quantitative estimate of drug-likeness (QED) is 0.607. The Morgan fingerprint density at radius 3 is 2.30 bits per heavy atom. The fourth-order valence-corrected chi connectivity index (χ4v) is 2.86. The Morgan fingerprint density at radius 1 is 1.03 bits per heavy atom. The van der Waals surface area contributed by atoms with Gasteiger partial charge in [0.25, 0.3) is 11.8 Å². The minimum absolute atomic E-state index is 0.0813. The molecule has 2 amide bonds. The highest BCUT2D eigenvalue weighted by molar-refractivity contribution is 5.94. The van der Waals surface area contributed by atoms with Crippen molar-refractivity contribution >= 4 is 11.8 Å². The van der Waals surface area contributed by atoms with E-state index in [2.05, 4.69) is 10.5 Å².